The first-order valence-corrected chi connectivity index (χ1v) is 10.8. The normalized spacial score (nSPS) is 19.2. The first kappa shape index (κ1) is 23.2. The van der Waals surface area contributed by atoms with Crippen molar-refractivity contribution in [3.63, 3.8) is 0 Å². The van der Waals surface area contributed by atoms with Gasteiger partial charge in [0.1, 0.15) is 18.1 Å². The van der Waals surface area contributed by atoms with Gasteiger partial charge in [-0.2, -0.15) is 0 Å². The average Bonchev–Trinajstić information content (AvgIpc) is 3.02. The molecule has 8 heteroatoms. The van der Waals surface area contributed by atoms with Gasteiger partial charge in [0, 0.05) is 0 Å². The molecule has 2 aromatic carbocycles. The number of nitrogens with zero attached hydrogens (tertiary/aromatic N) is 1. The molecule has 2 atom stereocenters. The van der Waals surface area contributed by atoms with Crippen LogP contribution >= 0.6 is 0 Å². The van der Waals surface area contributed by atoms with Crippen LogP contribution < -0.4 is 10.6 Å². The monoisotopic (exact) mass is 439 g/mol. The fraction of sp³-hybridized carbons (Fsp3) is 0.417. The Morgan fingerprint density at radius 3 is 2.38 bits per heavy atom. The average molecular weight is 440 g/mol. The van der Waals surface area contributed by atoms with E-state index in [0.717, 1.165) is 15.7 Å². The SMILES string of the molecule is CCC(CC)[C@@H](NC(=O)CN1C(=O)N[C@@](C)(c2ccc3ccccc3c2)C1=O)C(=O)OC. The lowest BCUT2D eigenvalue weighted by atomic mass is 9.90. The number of urea groups is 1. The summed E-state index contributed by atoms with van der Waals surface area (Å²) >= 11 is 0. The molecule has 0 aliphatic carbocycles. The minimum absolute atomic E-state index is 0.114. The Hall–Kier alpha value is -3.42. The molecule has 1 fully saturated rings. The van der Waals surface area contributed by atoms with Gasteiger partial charge in [0.2, 0.25) is 5.91 Å². The molecule has 1 aliphatic rings. The van der Waals surface area contributed by atoms with Crippen molar-refractivity contribution in [3.8, 4) is 0 Å². The maximum absolute atomic E-state index is 13.2. The summed E-state index contributed by atoms with van der Waals surface area (Å²) in [6.07, 6.45) is 1.33. The molecule has 4 amide bonds. The Morgan fingerprint density at radius 2 is 1.75 bits per heavy atom. The molecule has 8 nitrogen and oxygen atoms in total. The van der Waals surface area contributed by atoms with Crippen LogP contribution in [0.5, 0.6) is 0 Å². The van der Waals surface area contributed by atoms with Crippen LogP contribution in [-0.4, -0.2) is 48.4 Å². The number of imide groups is 1. The number of amides is 4. The van der Waals surface area contributed by atoms with Crippen molar-refractivity contribution >= 4 is 34.6 Å². The van der Waals surface area contributed by atoms with E-state index in [-0.39, 0.29) is 5.92 Å². The van der Waals surface area contributed by atoms with Gasteiger partial charge in [-0.15, -0.1) is 0 Å². The largest absolute Gasteiger partial charge is 0.467 e. The smallest absolute Gasteiger partial charge is 0.328 e. The third-order valence-electron chi connectivity index (χ3n) is 6.20. The first-order valence-electron chi connectivity index (χ1n) is 10.8. The summed E-state index contributed by atoms with van der Waals surface area (Å²) in [5.41, 5.74) is -0.666. The van der Waals surface area contributed by atoms with Crippen molar-refractivity contribution in [1.82, 2.24) is 15.5 Å². The third kappa shape index (κ3) is 4.30. The number of fused-ring (bicyclic) bond motifs is 1. The fourth-order valence-electron chi connectivity index (χ4n) is 4.16. The van der Waals surface area contributed by atoms with E-state index < -0.39 is 41.9 Å². The summed E-state index contributed by atoms with van der Waals surface area (Å²) in [5, 5.41) is 7.31. The van der Waals surface area contributed by atoms with Gasteiger partial charge in [-0.3, -0.25) is 14.5 Å². The molecular weight excluding hydrogens is 410 g/mol. The van der Waals surface area contributed by atoms with Gasteiger partial charge in [0.15, 0.2) is 0 Å². The number of ether oxygens (including phenoxy) is 1. The zero-order valence-electron chi connectivity index (χ0n) is 18.8. The fourth-order valence-corrected chi connectivity index (χ4v) is 4.16. The van der Waals surface area contributed by atoms with E-state index in [0.29, 0.717) is 18.4 Å². The van der Waals surface area contributed by atoms with Crippen molar-refractivity contribution in [3.05, 3.63) is 48.0 Å². The second-order valence-corrected chi connectivity index (χ2v) is 8.15. The highest BCUT2D eigenvalue weighted by atomic mass is 16.5. The molecule has 0 radical (unpaired) electrons. The predicted octanol–water partition coefficient (Wildman–Crippen LogP) is 2.70. The van der Waals surface area contributed by atoms with Crippen molar-refractivity contribution in [2.75, 3.05) is 13.7 Å². The van der Waals surface area contributed by atoms with Crippen molar-refractivity contribution < 1.29 is 23.9 Å². The van der Waals surface area contributed by atoms with Gasteiger partial charge < -0.3 is 15.4 Å². The summed E-state index contributed by atoms with van der Waals surface area (Å²) in [6.45, 7) is 4.98. The molecule has 2 N–H and O–H groups in total. The van der Waals surface area contributed by atoms with E-state index >= 15 is 0 Å². The molecule has 1 aliphatic heterocycles. The molecule has 0 aromatic heterocycles. The minimum Gasteiger partial charge on any atom is -0.467 e. The zero-order valence-corrected chi connectivity index (χ0v) is 18.8. The molecule has 0 unspecified atom stereocenters. The summed E-state index contributed by atoms with van der Waals surface area (Å²) in [7, 11) is 1.26. The van der Waals surface area contributed by atoms with Crippen molar-refractivity contribution in [2.24, 2.45) is 5.92 Å². The van der Waals surface area contributed by atoms with Crippen molar-refractivity contribution in [1.29, 1.82) is 0 Å². The molecule has 0 saturated carbocycles. The van der Waals surface area contributed by atoms with Gasteiger partial charge in [-0.1, -0.05) is 63.1 Å². The molecule has 3 rings (SSSR count). The van der Waals surface area contributed by atoms with Crippen molar-refractivity contribution in [2.45, 2.75) is 45.2 Å². The van der Waals surface area contributed by atoms with E-state index in [1.807, 2.05) is 50.2 Å². The Balaban J connectivity index is 1.79. The van der Waals surface area contributed by atoms with Crippen LogP contribution in [0.1, 0.15) is 39.2 Å². The number of hydrogen-bond acceptors (Lipinski definition) is 5. The van der Waals surface area contributed by atoms with E-state index in [2.05, 4.69) is 10.6 Å². The maximum atomic E-state index is 13.2. The number of esters is 1. The Morgan fingerprint density at radius 1 is 1.09 bits per heavy atom. The number of methoxy groups -OCH3 is 1. The van der Waals surface area contributed by atoms with Gasteiger partial charge in [0.05, 0.1) is 7.11 Å². The lowest BCUT2D eigenvalue weighted by Crippen LogP contribution is -2.50. The maximum Gasteiger partial charge on any atom is 0.328 e. The Labute approximate surface area is 187 Å². The van der Waals surface area contributed by atoms with Crippen LogP contribution in [0.3, 0.4) is 0 Å². The summed E-state index contributed by atoms with van der Waals surface area (Å²) < 4.78 is 4.82. The van der Waals surface area contributed by atoms with E-state index in [4.69, 9.17) is 4.74 Å². The number of nitrogens with one attached hydrogen (secondary N) is 2. The second kappa shape index (κ2) is 9.38. The number of rotatable bonds is 8. The van der Waals surface area contributed by atoms with Gasteiger partial charge in [-0.05, 0) is 35.2 Å². The molecule has 32 heavy (non-hydrogen) atoms. The molecule has 0 spiro atoms. The predicted molar refractivity (Wildman–Crippen MR) is 120 cm³/mol. The Bertz CT molecular complexity index is 1050. The van der Waals surface area contributed by atoms with Crippen LogP contribution in [0.4, 0.5) is 4.79 Å². The topological polar surface area (TPSA) is 105 Å². The highest BCUT2D eigenvalue weighted by Crippen LogP contribution is 2.31. The standard InChI is InChI=1S/C24H29N3O5/c1-5-15(6-2)20(21(29)32-4)25-19(28)14-27-22(30)24(3,26-23(27)31)18-12-11-16-9-7-8-10-17(16)13-18/h7-13,15,20H,5-6,14H2,1-4H3,(H,25,28)(H,26,31)/t20-,24+/m1/s1. The highest BCUT2D eigenvalue weighted by molar-refractivity contribution is 6.09. The molecular formula is C24H29N3O5. The molecule has 0 bridgehead atoms. The first-order chi connectivity index (χ1) is 15.2. The quantitative estimate of drug-likeness (QED) is 0.486. The zero-order chi connectivity index (χ0) is 23.5. The van der Waals surface area contributed by atoms with E-state index in [9.17, 15) is 19.2 Å². The van der Waals surface area contributed by atoms with Gasteiger partial charge >= 0.3 is 12.0 Å². The second-order valence-electron chi connectivity index (χ2n) is 8.15. The number of benzene rings is 2. The molecule has 2 aromatic rings. The highest BCUT2D eigenvalue weighted by Gasteiger charge is 2.49. The van der Waals surface area contributed by atoms with E-state index in [1.165, 1.54) is 7.11 Å². The summed E-state index contributed by atoms with van der Waals surface area (Å²) in [4.78, 5) is 51.6. The van der Waals surface area contributed by atoms with Crippen LogP contribution in [0, 0.1) is 5.92 Å². The summed E-state index contributed by atoms with van der Waals surface area (Å²) in [5.74, 6) is -1.79. The number of hydrogen-bond donors (Lipinski definition) is 2. The number of carbonyl (C=O) groups is 4. The third-order valence-corrected chi connectivity index (χ3v) is 6.20. The minimum atomic E-state index is -1.29. The van der Waals surface area contributed by atoms with Crippen LogP contribution in [0.15, 0.2) is 42.5 Å². The number of carbonyl (C=O) groups excluding carboxylic acids is 4. The lowest BCUT2D eigenvalue weighted by Gasteiger charge is -2.25. The Kier molecular flexibility index (Phi) is 6.81. The van der Waals surface area contributed by atoms with Crippen LogP contribution in [0.25, 0.3) is 10.8 Å². The van der Waals surface area contributed by atoms with Gasteiger partial charge in [0.25, 0.3) is 5.91 Å². The van der Waals surface area contributed by atoms with E-state index in [1.54, 1.807) is 13.0 Å². The van der Waals surface area contributed by atoms with Crippen LogP contribution in [0.2, 0.25) is 0 Å². The summed E-state index contributed by atoms with van der Waals surface area (Å²) in [6, 6.07) is 11.8. The van der Waals surface area contributed by atoms with Gasteiger partial charge in [-0.25, -0.2) is 9.59 Å². The molecule has 1 heterocycles. The molecule has 1 saturated heterocycles. The van der Waals surface area contributed by atoms with Crippen LogP contribution in [-0.2, 0) is 24.7 Å². The molecule has 170 valence electrons. The lowest BCUT2D eigenvalue weighted by molar-refractivity contribution is -0.147.